The first-order valence-corrected chi connectivity index (χ1v) is 9.88. The van der Waals surface area contributed by atoms with Crippen LogP contribution in [0.25, 0.3) is 6.08 Å². The lowest BCUT2D eigenvalue weighted by Gasteiger charge is -2.36. The summed E-state index contributed by atoms with van der Waals surface area (Å²) < 4.78 is 10.6. The summed E-state index contributed by atoms with van der Waals surface area (Å²) in [6.45, 7) is 0. The number of rotatable bonds is 4. The van der Waals surface area contributed by atoms with E-state index >= 15 is 0 Å². The molecule has 2 aromatic carbocycles. The molecule has 0 aromatic heterocycles. The summed E-state index contributed by atoms with van der Waals surface area (Å²) in [6, 6.07) is 16.5. The van der Waals surface area contributed by atoms with Crippen LogP contribution in [0.1, 0.15) is 36.4 Å². The number of methoxy groups -OCH3 is 2. The first-order chi connectivity index (χ1) is 13.7. The number of ether oxygens (including phenoxy) is 2. The molecule has 0 amide bonds. The fraction of sp³-hybridized carbons (Fsp3) is 0.261. The fourth-order valence-corrected chi connectivity index (χ4v) is 4.09. The highest BCUT2D eigenvalue weighted by Gasteiger charge is 2.30. The van der Waals surface area contributed by atoms with Crippen LogP contribution in [0.2, 0.25) is 0 Å². The van der Waals surface area contributed by atoms with Crippen LogP contribution in [-0.4, -0.2) is 19.3 Å². The molecule has 0 unspecified atom stereocenters. The molecule has 0 radical (unpaired) electrons. The van der Waals surface area contributed by atoms with E-state index in [1.807, 2.05) is 24.3 Å². The summed E-state index contributed by atoms with van der Waals surface area (Å²) in [5.74, 6) is 1.73. The van der Waals surface area contributed by atoms with Gasteiger partial charge in [0.1, 0.15) is 11.5 Å². The van der Waals surface area contributed by atoms with Crippen LogP contribution in [0.3, 0.4) is 0 Å². The molecule has 144 valence electrons. The van der Waals surface area contributed by atoms with E-state index in [-0.39, 0.29) is 6.04 Å². The summed E-state index contributed by atoms with van der Waals surface area (Å²) in [5.41, 5.74) is 6.20. The lowest BCUT2D eigenvalue weighted by atomic mass is 9.83. The second kappa shape index (κ2) is 8.07. The van der Waals surface area contributed by atoms with E-state index in [1.54, 1.807) is 14.2 Å². The Kier molecular flexibility index (Phi) is 5.35. The molecule has 1 aliphatic heterocycles. The van der Waals surface area contributed by atoms with Crippen LogP contribution < -0.4 is 20.1 Å². The van der Waals surface area contributed by atoms with Crippen molar-refractivity contribution in [1.82, 2.24) is 10.6 Å². The number of benzene rings is 2. The molecule has 2 aliphatic rings. The smallest absolute Gasteiger partial charge is 0.171 e. The van der Waals surface area contributed by atoms with Crippen molar-refractivity contribution < 1.29 is 9.47 Å². The minimum atomic E-state index is 0.0919. The molecule has 1 heterocycles. The Morgan fingerprint density at radius 1 is 0.929 bits per heavy atom. The van der Waals surface area contributed by atoms with Crippen LogP contribution in [0.5, 0.6) is 11.5 Å². The zero-order valence-electron chi connectivity index (χ0n) is 16.1. The Morgan fingerprint density at radius 3 is 2.21 bits per heavy atom. The predicted molar refractivity (Wildman–Crippen MR) is 116 cm³/mol. The fourth-order valence-electron chi connectivity index (χ4n) is 3.87. The highest BCUT2D eigenvalue weighted by atomic mass is 32.1. The van der Waals surface area contributed by atoms with Crippen LogP contribution >= 0.6 is 12.2 Å². The molecule has 1 aliphatic carbocycles. The van der Waals surface area contributed by atoms with Crippen LogP contribution in [0.15, 0.2) is 65.4 Å². The van der Waals surface area contributed by atoms with Crippen molar-refractivity contribution in [2.75, 3.05) is 14.2 Å². The van der Waals surface area contributed by atoms with Crippen LogP contribution in [-0.2, 0) is 0 Å². The minimum Gasteiger partial charge on any atom is -0.497 e. The summed E-state index contributed by atoms with van der Waals surface area (Å²) >= 11 is 5.53. The quantitative estimate of drug-likeness (QED) is 0.736. The van der Waals surface area contributed by atoms with Gasteiger partial charge in [-0.25, -0.2) is 0 Å². The van der Waals surface area contributed by atoms with Gasteiger partial charge in [0.05, 0.1) is 20.3 Å². The summed E-state index contributed by atoms with van der Waals surface area (Å²) in [5, 5.41) is 7.53. The van der Waals surface area contributed by atoms with Gasteiger partial charge >= 0.3 is 0 Å². The number of hydrogen-bond acceptors (Lipinski definition) is 3. The maximum absolute atomic E-state index is 5.53. The Balaban J connectivity index is 1.70. The van der Waals surface area contributed by atoms with Gasteiger partial charge in [-0.05, 0) is 84.1 Å². The van der Waals surface area contributed by atoms with E-state index in [0.717, 1.165) is 36.3 Å². The van der Waals surface area contributed by atoms with Crippen LogP contribution in [0.4, 0.5) is 0 Å². The third-order valence-corrected chi connectivity index (χ3v) is 5.52. The van der Waals surface area contributed by atoms with Crippen molar-refractivity contribution in [3.63, 3.8) is 0 Å². The highest BCUT2D eigenvalue weighted by Crippen LogP contribution is 2.39. The molecular weight excluding hydrogens is 368 g/mol. The largest absolute Gasteiger partial charge is 0.497 e. The maximum Gasteiger partial charge on any atom is 0.171 e. The van der Waals surface area contributed by atoms with Gasteiger partial charge in [0.15, 0.2) is 5.11 Å². The molecule has 0 saturated carbocycles. The van der Waals surface area contributed by atoms with E-state index in [1.165, 1.54) is 22.4 Å². The van der Waals surface area contributed by atoms with Gasteiger partial charge in [-0.3, -0.25) is 0 Å². The Morgan fingerprint density at radius 2 is 1.57 bits per heavy atom. The van der Waals surface area contributed by atoms with Crippen LogP contribution in [0, 0.1) is 0 Å². The topological polar surface area (TPSA) is 42.5 Å². The average Bonchev–Trinajstić information content (AvgIpc) is 2.74. The Labute approximate surface area is 171 Å². The van der Waals surface area contributed by atoms with Crippen molar-refractivity contribution >= 4 is 23.4 Å². The second-order valence-corrected chi connectivity index (χ2v) is 7.41. The van der Waals surface area contributed by atoms with Crippen molar-refractivity contribution in [2.24, 2.45) is 0 Å². The van der Waals surface area contributed by atoms with Gasteiger partial charge in [0.2, 0.25) is 0 Å². The number of nitrogens with one attached hydrogen (secondary N) is 2. The van der Waals surface area contributed by atoms with E-state index in [4.69, 9.17) is 21.7 Å². The van der Waals surface area contributed by atoms with Crippen molar-refractivity contribution in [3.8, 4) is 11.5 Å². The van der Waals surface area contributed by atoms with Crippen molar-refractivity contribution in [1.29, 1.82) is 0 Å². The highest BCUT2D eigenvalue weighted by molar-refractivity contribution is 7.80. The van der Waals surface area contributed by atoms with Gasteiger partial charge < -0.3 is 20.1 Å². The van der Waals surface area contributed by atoms with Gasteiger partial charge in [0, 0.05) is 5.70 Å². The molecule has 0 saturated heterocycles. The molecule has 4 rings (SSSR count). The normalized spacial score (nSPS) is 20.3. The first-order valence-electron chi connectivity index (χ1n) is 9.47. The molecule has 2 N–H and O–H groups in total. The van der Waals surface area contributed by atoms with E-state index in [0.29, 0.717) is 5.11 Å². The van der Waals surface area contributed by atoms with Gasteiger partial charge in [-0.15, -0.1) is 0 Å². The molecule has 0 bridgehead atoms. The monoisotopic (exact) mass is 392 g/mol. The molecule has 0 spiro atoms. The zero-order chi connectivity index (χ0) is 19.5. The van der Waals surface area contributed by atoms with E-state index in [2.05, 4.69) is 41.0 Å². The van der Waals surface area contributed by atoms with Gasteiger partial charge in [-0.2, -0.15) is 0 Å². The minimum absolute atomic E-state index is 0.0919. The molecule has 2 aromatic rings. The first kappa shape index (κ1) is 18.6. The van der Waals surface area contributed by atoms with Crippen molar-refractivity contribution in [2.45, 2.75) is 25.3 Å². The maximum atomic E-state index is 5.53. The number of allylic oxidation sites excluding steroid dienone is 1. The Bertz CT molecular complexity index is 930. The molecule has 5 heteroatoms. The summed E-state index contributed by atoms with van der Waals surface area (Å²) in [6.07, 6.45) is 5.47. The van der Waals surface area contributed by atoms with Gasteiger partial charge in [0.25, 0.3) is 0 Å². The average molecular weight is 393 g/mol. The number of hydrogen-bond donors (Lipinski definition) is 2. The van der Waals surface area contributed by atoms with E-state index < -0.39 is 0 Å². The summed E-state index contributed by atoms with van der Waals surface area (Å²) in [4.78, 5) is 0. The lowest BCUT2D eigenvalue weighted by Crippen LogP contribution is -2.45. The number of thiocarbonyl (C=S) groups is 1. The molecular formula is C23H24N2O2S. The Hall–Kier alpha value is -2.79. The van der Waals surface area contributed by atoms with E-state index in [9.17, 15) is 0 Å². The molecule has 28 heavy (non-hydrogen) atoms. The standard InChI is InChI=1S/C23H24N2O2S/c1-26-18-10-6-15(7-11-18)14-17-4-3-5-20-21(24-23(28)25-22(17)20)16-8-12-19(27-2)13-9-16/h6-14,21H,3-5H2,1-2H3,(H2,24,25,28)/b17-14-/t21-/m1/s1. The summed E-state index contributed by atoms with van der Waals surface area (Å²) in [7, 11) is 3.37. The predicted octanol–water partition coefficient (Wildman–Crippen LogP) is 4.74. The molecule has 1 atom stereocenters. The van der Waals surface area contributed by atoms with Gasteiger partial charge in [-0.1, -0.05) is 24.3 Å². The zero-order valence-corrected chi connectivity index (χ0v) is 16.9. The third-order valence-electron chi connectivity index (χ3n) is 5.30. The molecule has 0 fully saturated rings. The SMILES string of the molecule is COc1ccc(/C=C2/CCCC3=C2NC(=S)N[C@@H]3c2ccc(OC)cc2)cc1. The van der Waals surface area contributed by atoms with Crippen molar-refractivity contribution in [3.05, 3.63) is 76.5 Å². The molecule has 4 nitrogen and oxygen atoms in total. The second-order valence-electron chi connectivity index (χ2n) is 7.00. The lowest BCUT2D eigenvalue weighted by molar-refractivity contribution is 0.414. The third kappa shape index (κ3) is 3.76.